The van der Waals surface area contributed by atoms with Crippen LogP contribution in [-0.2, 0) is 0 Å². The van der Waals surface area contributed by atoms with Crippen LogP contribution in [0.3, 0.4) is 0 Å². The topological polar surface area (TPSA) is 0 Å². The van der Waals surface area contributed by atoms with Gasteiger partial charge in [-0.1, -0.05) is 107 Å². The van der Waals surface area contributed by atoms with Crippen LogP contribution < -0.4 is 16.4 Å². The molecule has 0 heterocycles. The average Bonchev–Trinajstić information content (AvgIpc) is 2.79. The van der Waals surface area contributed by atoms with Gasteiger partial charge in [0.25, 0.3) is 0 Å². The quantitative estimate of drug-likeness (QED) is 0.433. The average molecular weight is 372 g/mol. The molecule has 0 aliphatic carbocycles. The SMILES string of the molecule is CC[N+](CC)(CC)CC.c1ccc(B(c2ccccc2)c2ccccc2)cc1. The first-order valence-electron chi connectivity index (χ1n) is 10.7. The van der Waals surface area contributed by atoms with Gasteiger partial charge in [0.15, 0.2) is 0 Å². The second kappa shape index (κ2) is 11.5. The van der Waals surface area contributed by atoms with E-state index in [9.17, 15) is 0 Å². The lowest BCUT2D eigenvalue weighted by molar-refractivity contribution is -0.921. The van der Waals surface area contributed by atoms with Crippen molar-refractivity contribution in [3.63, 3.8) is 0 Å². The summed E-state index contributed by atoms with van der Waals surface area (Å²) in [7, 11) is 0. The van der Waals surface area contributed by atoms with Crippen LogP contribution in [0.25, 0.3) is 0 Å². The minimum atomic E-state index is 0.309. The van der Waals surface area contributed by atoms with E-state index in [-0.39, 0.29) is 0 Å². The molecule has 0 aliphatic heterocycles. The summed E-state index contributed by atoms with van der Waals surface area (Å²) < 4.78 is 1.28. The molecule has 0 aromatic heterocycles. The number of hydrogen-bond acceptors (Lipinski definition) is 0. The third-order valence-electron chi connectivity index (χ3n) is 6.08. The summed E-state index contributed by atoms with van der Waals surface area (Å²) in [4.78, 5) is 0. The van der Waals surface area contributed by atoms with Gasteiger partial charge in [-0.3, -0.25) is 0 Å². The largest absolute Gasteiger partial charge is 0.325 e. The van der Waals surface area contributed by atoms with E-state index in [1.165, 1.54) is 47.1 Å². The van der Waals surface area contributed by atoms with E-state index in [1.54, 1.807) is 0 Å². The van der Waals surface area contributed by atoms with Gasteiger partial charge >= 0.3 is 0 Å². The molecule has 3 aromatic rings. The van der Waals surface area contributed by atoms with Gasteiger partial charge in [-0.2, -0.15) is 0 Å². The van der Waals surface area contributed by atoms with Crippen molar-refractivity contribution in [2.45, 2.75) is 27.7 Å². The van der Waals surface area contributed by atoms with Crippen molar-refractivity contribution in [3.05, 3.63) is 91.0 Å². The first-order chi connectivity index (χ1) is 13.7. The van der Waals surface area contributed by atoms with Crippen molar-refractivity contribution < 1.29 is 4.48 Å². The van der Waals surface area contributed by atoms with E-state index in [2.05, 4.69) is 119 Å². The third-order valence-corrected chi connectivity index (χ3v) is 6.08. The van der Waals surface area contributed by atoms with Crippen molar-refractivity contribution in [1.82, 2.24) is 0 Å². The molecule has 0 radical (unpaired) electrons. The molecule has 0 saturated heterocycles. The molecule has 3 aromatic carbocycles. The van der Waals surface area contributed by atoms with Gasteiger partial charge in [-0.25, -0.2) is 0 Å². The molecule has 0 aliphatic rings. The van der Waals surface area contributed by atoms with E-state index in [0.29, 0.717) is 6.71 Å². The molecule has 0 atom stereocenters. The first-order valence-corrected chi connectivity index (χ1v) is 10.7. The normalized spacial score (nSPS) is 10.7. The zero-order valence-corrected chi connectivity index (χ0v) is 18.0. The number of nitrogens with zero attached hydrogens (tertiary/aromatic N) is 1. The van der Waals surface area contributed by atoms with Crippen molar-refractivity contribution in [2.24, 2.45) is 0 Å². The second-order valence-electron chi connectivity index (χ2n) is 7.27. The Labute approximate surface area is 172 Å². The molecule has 146 valence electrons. The summed E-state index contributed by atoms with van der Waals surface area (Å²) >= 11 is 0. The Morgan fingerprint density at radius 2 is 0.714 bits per heavy atom. The highest BCUT2D eigenvalue weighted by molar-refractivity contribution is 6.95. The number of hydrogen-bond donors (Lipinski definition) is 0. The molecule has 28 heavy (non-hydrogen) atoms. The first kappa shape index (κ1) is 22.0. The molecule has 0 fully saturated rings. The maximum Gasteiger partial charge on any atom is 0.241 e. The van der Waals surface area contributed by atoms with E-state index < -0.39 is 0 Å². The Kier molecular flexibility index (Phi) is 9.04. The lowest BCUT2D eigenvalue weighted by Crippen LogP contribution is -2.51. The maximum absolute atomic E-state index is 2.27. The van der Waals surface area contributed by atoms with Gasteiger partial charge in [0.1, 0.15) is 0 Å². The Balaban J connectivity index is 0.000000266. The smallest absolute Gasteiger partial charge is 0.241 e. The van der Waals surface area contributed by atoms with Gasteiger partial charge in [0.05, 0.1) is 26.2 Å². The van der Waals surface area contributed by atoms with Gasteiger partial charge in [-0.05, 0) is 27.7 Å². The van der Waals surface area contributed by atoms with Crippen LogP contribution in [0.2, 0.25) is 0 Å². The van der Waals surface area contributed by atoms with E-state index >= 15 is 0 Å². The molecule has 1 nitrogen and oxygen atoms in total. The molecule has 3 rings (SSSR count). The molecule has 0 N–H and O–H groups in total. The second-order valence-corrected chi connectivity index (χ2v) is 7.27. The Hall–Kier alpha value is -2.32. The summed E-state index contributed by atoms with van der Waals surface area (Å²) in [5.41, 5.74) is 4.00. The van der Waals surface area contributed by atoms with Crippen molar-refractivity contribution in [1.29, 1.82) is 0 Å². The maximum atomic E-state index is 2.27. The molecule has 0 bridgehead atoms. The van der Waals surface area contributed by atoms with Gasteiger partial charge in [0.2, 0.25) is 6.71 Å². The molecule has 0 unspecified atom stereocenters. The highest BCUT2D eigenvalue weighted by Crippen LogP contribution is 2.03. The molecular weight excluding hydrogens is 337 g/mol. The van der Waals surface area contributed by atoms with Gasteiger partial charge in [0, 0.05) is 0 Å². The highest BCUT2D eigenvalue weighted by atomic mass is 15.3. The van der Waals surface area contributed by atoms with Crippen LogP contribution in [0.5, 0.6) is 0 Å². The highest BCUT2D eigenvalue weighted by Gasteiger charge is 2.20. The van der Waals surface area contributed by atoms with Gasteiger partial charge in [-0.15, -0.1) is 0 Å². The lowest BCUT2D eigenvalue weighted by atomic mass is 9.37. The number of benzene rings is 3. The van der Waals surface area contributed by atoms with Crippen LogP contribution in [0.1, 0.15) is 27.7 Å². The minimum absolute atomic E-state index is 0.309. The fourth-order valence-electron chi connectivity index (χ4n) is 3.86. The number of rotatable bonds is 7. The van der Waals surface area contributed by atoms with Gasteiger partial charge < -0.3 is 4.48 Å². The van der Waals surface area contributed by atoms with Crippen molar-refractivity contribution >= 4 is 23.1 Å². The van der Waals surface area contributed by atoms with Crippen molar-refractivity contribution in [2.75, 3.05) is 26.2 Å². The summed E-state index contributed by atoms with van der Waals surface area (Å²) in [5, 5.41) is 0. The molecule has 0 amide bonds. The summed E-state index contributed by atoms with van der Waals surface area (Å²) in [6.07, 6.45) is 0. The summed E-state index contributed by atoms with van der Waals surface area (Å²) in [6, 6.07) is 32.0. The van der Waals surface area contributed by atoms with E-state index in [4.69, 9.17) is 0 Å². The Morgan fingerprint density at radius 1 is 0.464 bits per heavy atom. The van der Waals surface area contributed by atoms with Crippen LogP contribution in [0.15, 0.2) is 91.0 Å². The van der Waals surface area contributed by atoms with Crippen LogP contribution in [-0.4, -0.2) is 37.4 Å². The summed E-state index contributed by atoms with van der Waals surface area (Å²) in [6.45, 7) is 14.5. The Morgan fingerprint density at radius 3 is 0.893 bits per heavy atom. The standard InChI is InChI=1S/C18H15B.C8H20N/c1-4-10-16(11-5-1)19(17-12-6-2-7-13-17)18-14-8-3-9-15-18;1-5-9(6-2,7-3)8-4/h1-15H;5-8H2,1-4H3/q;+1. The molecule has 2 heteroatoms. The third kappa shape index (κ3) is 5.84. The zero-order chi connectivity index (χ0) is 20.2. The summed E-state index contributed by atoms with van der Waals surface area (Å²) in [5.74, 6) is 0. The predicted molar refractivity (Wildman–Crippen MR) is 126 cm³/mol. The molecule has 0 spiro atoms. The predicted octanol–water partition coefficient (Wildman–Crippen LogP) is 4.09. The van der Waals surface area contributed by atoms with Crippen LogP contribution in [0.4, 0.5) is 0 Å². The van der Waals surface area contributed by atoms with Crippen molar-refractivity contribution in [3.8, 4) is 0 Å². The fraction of sp³-hybridized carbons (Fsp3) is 0.308. The van der Waals surface area contributed by atoms with E-state index in [1.807, 2.05) is 0 Å². The van der Waals surface area contributed by atoms with Crippen LogP contribution in [0, 0.1) is 0 Å². The lowest BCUT2D eigenvalue weighted by Gasteiger charge is -2.34. The monoisotopic (exact) mass is 372 g/mol. The molecule has 0 saturated carbocycles. The fourth-order valence-corrected chi connectivity index (χ4v) is 3.86. The minimum Gasteiger partial charge on any atom is -0.325 e. The van der Waals surface area contributed by atoms with E-state index in [0.717, 1.165) is 0 Å². The number of quaternary nitrogens is 1. The van der Waals surface area contributed by atoms with Crippen LogP contribution >= 0.6 is 0 Å². The molecular formula is C26H35BN+. The zero-order valence-electron chi connectivity index (χ0n) is 18.0. The Bertz CT molecular complexity index is 656.